The van der Waals surface area contributed by atoms with Gasteiger partial charge in [-0.25, -0.2) is 0 Å². The van der Waals surface area contributed by atoms with E-state index in [-0.39, 0.29) is 6.42 Å². The molecule has 0 aromatic rings. The van der Waals surface area contributed by atoms with Crippen molar-refractivity contribution in [1.29, 1.82) is 0 Å². The second-order valence-corrected chi connectivity index (χ2v) is 1.72. The van der Waals surface area contributed by atoms with E-state index in [1.54, 1.807) is 7.85 Å². The zero-order valence-electron chi connectivity index (χ0n) is 4.76. The van der Waals surface area contributed by atoms with Crippen molar-refractivity contribution >= 4 is 7.85 Å². The van der Waals surface area contributed by atoms with E-state index in [1.165, 1.54) is 0 Å². The summed E-state index contributed by atoms with van der Waals surface area (Å²) in [6.45, 7) is 0. The Labute approximate surface area is 47.5 Å². The first kappa shape index (κ1) is 7.85. The molecule has 4 heteroatoms. The zero-order valence-corrected chi connectivity index (χ0v) is 4.76. The molecule has 0 aliphatic heterocycles. The van der Waals surface area contributed by atoms with Crippen molar-refractivity contribution in [3.63, 3.8) is 0 Å². The van der Waals surface area contributed by atoms with Gasteiger partial charge in [0.1, 0.15) is 7.85 Å². The van der Waals surface area contributed by atoms with Crippen LogP contribution in [0.1, 0.15) is 12.8 Å². The van der Waals surface area contributed by atoms with Crippen molar-refractivity contribution in [3.8, 4) is 0 Å². The summed E-state index contributed by atoms with van der Waals surface area (Å²) in [7, 11) is 1.74. The molecule has 0 nitrogen and oxygen atoms in total. The van der Waals surface area contributed by atoms with Crippen LogP contribution >= 0.6 is 0 Å². The molecule has 0 N–H and O–H groups in total. The average Bonchev–Trinajstić information content (AvgIpc) is 1.59. The lowest BCUT2D eigenvalue weighted by molar-refractivity contribution is -0.134. The normalized spacial score (nSPS) is 11.9. The van der Waals surface area contributed by atoms with Gasteiger partial charge in [-0.3, -0.25) is 0 Å². The molecule has 0 atom stereocenters. The first-order valence-corrected chi connectivity index (χ1v) is 2.63. The van der Waals surface area contributed by atoms with Crippen molar-refractivity contribution in [2.75, 3.05) is 0 Å². The molecule has 0 rings (SSSR count). The third kappa shape index (κ3) is 5.85. The minimum Gasteiger partial charge on any atom is -0.171 e. The summed E-state index contributed by atoms with van der Waals surface area (Å²) in [6.07, 6.45) is -3.72. The van der Waals surface area contributed by atoms with Crippen LogP contribution in [0.2, 0.25) is 6.32 Å². The molecule has 0 aromatic carbocycles. The quantitative estimate of drug-likeness (QED) is 0.487. The predicted molar refractivity (Wildman–Crippen MR) is 28.6 cm³/mol. The SMILES string of the molecule is BCCCC(F)(F)F. The van der Waals surface area contributed by atoms with Crippen LogP contribution in [0.15, 0.2) is 0 Å². The van der Waals surface area contributed by atoms with E-state index in [9.17, 15) is 13.2 Å². The average molecular weight is 124 g/mol. The van der Waals surface area contributed by atoms with Crippen molar-refractivity contribution in [1.82, 2.24) is 0 Å². The van der Waals surface area contributed by atoms with Crippen LogP contribution in [-0.2, 0) is 0 Å². The van der Waals surface area contributed by atoms with Crippen LogP contribution < -0.4 is 0 Å². The minimum atomic E-state index is -3.95. The van der Waals surface area contributed by atoms with Gasteiger partial charge < -0.3 is 0 Å². The van der Waals surface area contributed by atoms with Crippen molar-refractivity contribution in [3.05, 3.63) is 0 Å². The van der Waals surface area contributed by atoms with Gasteiger partial charge in [0.15, 0.2) is 0 Å². The molecule has 0 radical (unpaired) electrons. The van der Waals surface area contributed by atoms with E-state index in [2.05, 4.69) is 0 Å². The fraction of sp³-hybridized carbons (Fsp3) is 1.00. The molecule has 0 saturated carbocycles. The van der Waals surface area contributed by atoms with Gasteiger partial charge in [-0.05, 0) is 0 Å². The number of hydrogen-bond donors (Lipinski definition) is 0. The molecule has 48 valence electrons. The van der Waals surface area contributed by atoms with Gasteiger partial charge in [-0.1, -0.05) is 12.7 Å². The topological polar surface area (TPSA) is 0 Å². The van der Waals surface area contributed by atoms with E-state index in [0.29, 0.717) is 6.32 Å². The molecular weight excluding hydrogens is 116 g/mol. The number of rotatable bonds is 2. The molecule has 0 heterocycles. The van der Waals surface area contributed by atoms with E-state index in [1.807, 2.05) is 0 Å². The highest BCUT2D eigenvalue weighted by molar-refractivity contribution is 6.08. The third-order valence-corrected chi connectivity index (χ3v) is 0.814. The van der Waals surface area contributed by atoms with Crippen molar-refractivity contribution in [2.24, 2.45) is 0 Å². The third-order valence-electron chi connectivity index (χ3n) is 0.814. The first-order chi connectivity index (χ1) is 3.56. The van der Waals surface area contributed by atoms with Crippen LogP contribution in [-0.4, -0.2) is 14.0 Å². The van der Waals surface area contributed by atoms with Gasteiger partial charge in [0.05, 0.1) is 0 Å². The van der Waals surface area contributed by atoms with Crippen LogP contribution in [0.25, 0.3) is 0 Å². The lowest BCUT2D eigenvalue weighted by atomic mass is 10.0. The van der Waals surface area contributed by atoms with E-state index >= 15 is 0 Å². The molecule has 0 aliphatic rings. The second-order valence-electron chi connectivity index (χ2n) is 1.72. The maximum Gasteiger partial charge on any atom is 0.389 e. The Morgan fingerprint density at radius 3 is 1.88 bits per heavy atom. The Morgan fingerprint density at radius 1 is 1.25 bits per heavy atom. The monoisotopic (exact) mass is 124 g/mol. The molecule has 8 heavy (non-hydrogen) atoms. The van der Waals surface area contributed by atoms with Crippen LogP contribution in [0.5, 0.6) is 0 Å². The first-order valence-electron chi connectivity index (χ1n) is 2.63. The molecule has 0 unspecified atom stereocenters. The molecule has 0 amide bonds. The highest BCUT2D eigenvalue weighted by Crippen LogP contribution is 2.21. The Kier molecular flexibility index (Phi) is 2.94. The fourth-order valence-corrected chi connectivity index (χ4v) is 0.377. The van der Waals surface area contributed by atoms with Gasteiger partial charge in [-0.2, -0.15) is 13.2 Å². The summed E-state index contributed by atoms with van der Waals surface area (Å²) in [6, 6.07) is 0. The summed E-state index contributed by atoms with van der Waals surface area (Å²) < 4.78 is 33.7. The maximum absolute atomic E-state index is 11.2. The second kappa shape index (κ2) is 3.00. The molecule has 0 saturated heterocycles. The Balaban J connectivity index is 3.11. The highest BCUT2D eigenvalue weighted by Gasteiger charge is 2.25. The molecular formula is C4H8BF3. The minimum absolute atomic E-state index is 0.253. The van der Waals surface area contributed by atoms with Crippen LogP contribution in [0, 0.1) is 0 Å². The van der Waals surface area contributed by atoms with Crippen LogP contribution in [0.4, 0.5) is 13.2 Å². The summed E-state index contributed by atoms with van der Waals surface area (Å²) in [5, 5.41) is 0. The maximum atomic E-state index is 11.2. The highest BCUT2D eigenvalue weighted by atomic mass is 19.4. The molecule has 0 fully saturated rings. The van der Waals surface area contributed by atoms with Crippen molar-refractivity contribution in [2.45, 2.75) is 25.3 Å². The van der Waals surface area contributed by atoms with Gasteiger partial charge in [-0.15, -0.1) is 0 Å². The predicted octanol–water partition coefficient (Wildman–Crippen LogP) is 1.38. The Morgan fingerprint density at radius 2 is 1.75 bits per heavy atom. The number of alkyl halides is 3. The summed E-state index contributed by atoms with van der Waals surface area (Å²) in [5.74, 6) is 0. The number of hydrogen-bond acceptors (Lipinski definition) is 0. The lowest BCUT2D eigenvalue weighted by Gasteiger charge is -2.02. The summed E-state index contributed by atoms with van der Waals surface area (Å²) in [4.78, 5) is 0. The van der Waals surface area contributed by atoms with E-state index < -0.39 is 12.6 Å². The largest absolute Gasteiger partial charge is 0.389 e. The standard InChI is InChI=1S/C4H8BF3/c5-3-1-2-4(6,7)8/h1-3,5H2. The van der Waals surface area contributed by atoms with Crippen molar-refractivity contribution < 1.29 is 13.2 Å². The van der Waals surface area contributed by atoms with E-state index in [0.717, 1.165) is 0 Å². The summed E-state index contributed by atoms with van der Waals surface area (Å²) in [5.41, 5.74) is 0. The van der Waals surface area contributed by atoms with E-state index in [4.69, 9.17) is 0 Å². The van der Waals surface area contributed by atoms with Gasteiger partial charge in [0.2, 0.25) is 0 Å². The molecule has 0 bridgehead atoms. The van der Waals surface area contributed by atoms with Crippen LogP contribution in [0.3, 0.4) is 0 Å². The Bertz CT molecular complexity index is 58.8. The zero-order chi connectivity index (χ0) is 6.62. The summed E-state index contributed by atoms with van der Waals surface area (Å²) >= 11 is 0. The molecule has 0 aliphatic carbocycles. The van der Waals surface area contributed by atoms with Gasteiger partial charge >= 0.3 is 6.18 Å². The smallest absolute Gasteiger partial charge is 0.171 e. The number of halogens is 3. The molecule has 0 spiro atoms. The van der Waals surface area contributed by atoms with Gasteiger partial charge in [0, 0.05) is 6.42 Å². The Hall–Kier alpha value is -0.145. The fourth-order valence-electron chi connectivity index (χ4n) is 0.377. The molecule has 0 aromatic heterocycles. The lowest BCUT2D eigenvalue weighted by Crippen LogP contribution is -2.05. The van der Waals surface area contributed by atoms with Gasteiger partial charge in [0.25, 0.3) is 0 Å².